The highest BCUT2D eigenvalue weighted by molar-refractivity contribution is 7.87. The minimum Gasteiger partial charge on any atom is -0.481 e. The monoisotopic (exact) mass is 278 g/mol. The SMILES string of the molecule is C=CCC=CCOC(=O)C(CC(=O)O)S(=O)(=O)O. The van der Waals surface area contributed by atoms with Crippen molar-refractivity contribution in [2.45, 2.75) is 18.1 Å². The predicted molar refractivity (Wildman–Crippen MR) is 62.5 cm³/mol. The summed E-state index contributed by atoms with van der Waals surface area (Å²) in [5, 5.41) is 6.32. The van der Waals surface area contributed by atoms with Crippen molar-refractivity contribution >= 4 is 22.1 Å². The molecule has 2 N–H and O–H groups in total. The molecule has 0 heterocycles. The highest BCUT2D eigenvalue weighted by Gasteiger charge is 2.34. The maximum atomic E-state index is 11.3. The fraction of sp³-hybridized carbons (Fsp3) is 0.400. The molecule has 1 unspecified atom stereocenters. The predicted octanol–water partition coefficient (Wildman–Crippen LogP) is 0.393. The van der Waals surface area contributed by atoms with Gasteiger partial charge < -0.3 is 9.84 Å². The van der Waals surface area contributed by atoms with Gasteiger partial charge in [0.2, 0.25) is 0 Å². The van der Waals surface area contributed by atoms with Gasteiger partial charge in [0, 0.05) is 0 Å². The number of carbonyl (C=O) groups is 2. The van der Waals surface area contributed by atoms with Gasteiger partial charge in [-0.3, -0.25) is 14.1 Å². The third-order valence-electron chi connectivity index (χ3n) is 1.77. The molecule has 0 fully saturated rings. The summed E-state index contributed by atoms with van der Waals surface area (Å²) in [6, 6.07) is 0. The first kappa shape index (κ1) is 16.3. The number of aliphatic carboxylic acids is 1. The molecule has 0 spiro atoms. The van der Waals surface area contributed by atoms with Crippen LogP contribution in [0.15, 0.2) is 24.8 Å². The Morgan fingerprint density at radius 1 is 1.33 bits per heavy atom. The van der Waals surface area contributed by atoms with Crippen LogP contribution in [0.1, 0.15) is 12.8 Å². The average molecular weight is 278 g/mol. The number of carbonyl (C=O) groups excluding carboxylic acids is 1. The van der Waals surface area contributed by atoms with E-state index in [1.54, 1.807) is 12.2 Å². The van der Waals surface area contributed by atoms with Crippen LogP contribution >= 0.6 is 0 Å². The summed E-state index contributed by atoms with van der Waals surface area (Å²) in [6.07, 6.45) is 4.17. The Labute approximate surface area is 105 Å². The summed E-state index contributed by atoms with van der Waals surface area (Å²) in [5.74, 6) is -2.83. The second-order valence-electron chi connectivity index (χ2n) is 3.23. The van der Waals surface area contributed by atoms with E-state index >= 15 is 0 Å². The summed E-state index contributed by atoms with van der Waals surface area (Å²) in [4.78, 5) is 21.6. The molecule has 0 aliphatic heterocycles. The molecule has 1 atom stereocenters. The molecule has 0 aromatic carbocycles. The molecule has 0 bridgehead atoms. The number of carboxylic acid groups (broad SMARTS) is 1. The van der Waals surface area contributed by atoms with Gasteiger partial charge in [-0.05, 0) is 6.42 Å². The molecule has 0 rings (SSSR count). The summed E-state index contributed by atoms with van der Waals surface area (Å²) < 4.78 is 34.8. The zero-order valence-corrected chi connectivity index (χ0v) is 10.3. The van der Waals surface area contributed by atoms with Crippen LogP contribution in [0.5, 0.6) is 0 Å². The van der Waals surface area contributed by atoms with E-state index in [4.69, 9.17) is 9.66 Å². The van der Waals surface area contributed by atoms with Gasteiger partial charge in [0.15, 0.2) is 5.25 Å². The molecule has 0 amide bonds. The summed E-state index contributed by atoms with van der Waals surface area (Å²) in [5.41, 5.74) is 0. The van der Waals surface area contributed by atoms with E-state index in [0.717, 1.165) is 0 Å². The second kappa shape index (κ2) is 7.62. The lowest BCUT2D eigenvalue weighted by molar-refractivity contribution is -0.146. The number of ether oxygens (including phenoxy) is 1. The van der Waals surface area contributed by atoms with E-state index in [0.29, 0.717) is 6.42 Å². The van der Waals surface area contributed by atoms with E-state index in [9.17, 15) is 18.0 Å². The number of carboxylic acids is 1. The Kier molecular flexibility index (Phi) is 6.91. The lowest BCUT2D eigenvalue weighted by Crippen LogP contribution is -2.33. The van der Waals surface area contributed by atoms with Gasteiger partial charge in [-0.15, -0.1) is 6.58 Å². The Hall–Kier alpha value is -1.67. The van der Waals surface area contributed by atoms with E-state index in [1.807, 2.05) is 0 Å². The van der Waals surface area contributed by atoms with Crippen molar-refractivity contribution < 1.29 is 32.4 Å². The summed E-state index contributed by atoms with van der Waals surface area (Å²) in [6.45, 7) is 3.24. The number of rotatable bonds is 8. The number of hydrogen-bond acceptors (Lipinski definition) is 5. The largest absolute Gasteiger partial charge is 0.481 e. The van der Waals surface area contributed by atoms with Gasteiger partial charge in [0.05, 0.1) is 6.42 Å². The first-order chi connectivity index (χ1) is 8.29. The van der Waals surface area contributed by atoms with Crippen molar-refractivity contribution in [2.24, 2.45) is 0 Å². The maximum Gasteiger partial charge on any atom is 0.327 e. The molecule has 0 saturated heterocycles. The van der Waals surface area contributed by atoms with Crippen LogP contribution in [0.25, 0.3) is 0 Å². The number of hydrogen-bond donors (Lipinski definition) is 2. The molecule has 8 heteroatoms. The lowest BCUT2D eigenvalue weighted by atomic mass is 10.3. The highest BCUT2D eigenvalue weighted by atomic mass is 32.2. The van der Waals surface area contributed by atoms with Gasteiger partial charge in [-0.1, -0.05) is 18.2 Å². The third kappa shape index (κ3) is 6.81. The van der Waals surface area contributed by atoms with Gasteiger partial charge in [0.1, 0.15) is 6.61 Å². The van der Waals surface area contributed by atoms with Crippen LogP contribution in [-0.2, 0) is 24.4 Å². The van der Waals surface area contributed by atoms with Gasteiger partial charge in [0.25, 0.3) is 10.1 Å². The van der Waals surface area contributed by atoms with Gasteiger partial charge in [-0.2, -0.15) is 8.42 Å². The molecule has 0 aliphatic rings. The highest BCUT2D eigenvalue weighted by Crippen LogP contribution is 2.07. The summed E-state index contributed by atoms with van der Waals surface area (Å²) in [7, 11) is -4.80. The fourth-order valence-corrected chi connectivity index (χ4v) is 1.62. The van der Waals surface area contributed by atoms with Crippen molar-refractivity contribution in [1.29, 1.82) is 0 Å². The van der Waals surface area contributed by atoms with E-state index in [2.05, 4.69) is 11.3 Å². The topological polar surface area (TPSA) is 118 Å². The van der Waals surface area contributed by atoms with E-state index in [1.165, 1.54) is 6.08 Å². The molecule has 102 valence electrons. The van der Waals surface area contributed by atoms with Crippen molar-refractivity contribution in [3.05, 3.63) is 24.8 Å². The summed E-state index contributed by atoms with van der Waals surface area (Å²) >= 11 is 0. The lowest BCUT2D eigenvalue weighted by Gasteiger charge is -2.10. The molecular formula is C10H14O7S. The molecule has 0 aromatic heterocycles. The number of allylic oxidation sites excluding steroid dienone is 2. The smallest absolute Gasteiger partial charge is 0.327 e. The van der Waals surface area contributed by atoms with Crippen molar-refractivity contribution in [3.63, 3.8) is 0 Å². The van der Waals surface area contributed by atoms with Crippen molar-refractivity contribution in [1.82, 2.24) is 0 Å². The van der Waals surface area contributed by atoms with Crippen LogP contribution in [0.3, 0.4) is 0 Å². The molecule has 0 aliphatic carbocycles. The van der Waals surface area contributed by atoms with E-state index < -0.39 is 33.7 Å². The number of esters is 1. The van der Waals surface area contributed by atoms with Crippen molar-refractivity contribution in [2.75, 3.05) is 6.61 Å². The molecule has 18 heavy (non-hydrogen) atoms. The molecule has 0 saturated carbocycles. The van der Waals surface area contributed by atoms with Gasteiger partial charge >= 0.3 is 11.9 Å². The molecule has 0 aromatic rings. The van der Waals surface area contributed by atoms with E-state index in [-0.39, 0.29) is 6.61 Å². The molecular weight excluding hydrogens is 264 g/mol. The molecule has 0 radical (unpaired) electrons. The minimum atomic E-state index is -4.80. The zero-order valence-electron chi connectivity index (χ0n) is 9.48. The zero-order chi connectivity index (χ0) is 14.2. The Morgan fingerprint density at radius 2 is 1.94 bits per heavy atom. The third-order valence-corrected chi connectivity index (χ3v) is 2.85. The van der Waals surface area contributed by atoms with Crippen LogP contribution in [0.2, 0.25) is 0 Å². The quantitative estimate of drug-likeness (QED) is 0.374. The van der Waals surface area contributed by atoms with Gasteiger partial charge in [-0.25, -0.2) is 0 Å². The molecule has 7 nitrogen and oxygen atoms in total. The standard InChI is InChI=1S/C10H14O7S/c1-2-3-4-5-6-17-10(13)8(7-9(11)12)18(14,15)16/h2,4-5,8H,1,3,6-7H2,(H,11,12)(H,14,15,16). The van der Waals surface area contributed by atoms with Crippen LogP contribution in [0.4, 0.5) is 0 Å². The first-order valence-electron chi connectivity index (χ1n) is 4.89. The fourth-order valence-electron chi connectivity index (χ4n) is 0.953. The van der Waals surface area contributed by atoms with Crippen LogP contribution in [-0.4, -0.2) is 41.9 Å². The first-order valence-corrected chi connectivity index (χ1v) is 6.40. The van der Waals surface area contributed by atoms with Crippen LogP contribution in [0, 0.1) is 0 Å². The Bertz CT molecular complexity index is 435. The Morgan fingerprint density at radius 3 is 2.39 bits per heavy atom. The Balaban J connectivity index is 4.49. The second-order valence-corrected chi connectivity index (χ2v) is 4.83. The average Bonchev–Trinajstić information content (AvgIpc) is 2.23. The normalized spacial score (nSPS) is 13.2. The van der Waals surface area contributed by atoms with Crippen LogP contribution < -0.4 is 0 Å². The van der Waals surface area contributed by atoms with Crippen molar-refractivity contribution in [3.8, 4) is 0 Å². The minimum absolute atomic E-state index is 0.210. The maximum absolute atomic E-state index is 11.3.